The van der Waals surface area contributed by atoms with E-state index in [-0.39, 0.29) is 24.9 Å². The second-order valence-corrected chi connectivity index (χ2v) is 20.5. The number of aliphatic hydroxyl groups excluding tert-OH is 2. The predicted molar refractivity (Wildman–Crippen MR) is 296 cm³/mol. The quantitative estimate of drug-likeness (QED) is 0.0321. The second-order valence-electron chi connectivity index (χ2n) is 20.5. The van der Waals surface area contributed by atoms with Crippen molar-refractivity contribution in [3.8, 4) is 0 Å². The molecule has 0 saturated heterocycles. The van der Waals surface area contributed by atoms with Crippen molar-refractivity contribution in [2.45, 2.75) is 328 Å². The zero-order valence-corrected chi connectivity index (χ0v) is 45.5. The van der Waals surface area contributed by atoms with Gasteiger partial charge < -0.3 is 20.3 Å². The highest BCUT2D eigenvalue weighted by atomic mass is 16.5. The molecule has 398 valence electrons. The first-order valence-electron chi connectivity index (χ1n) is 29.9. The molecule has 3 atom stereocenters. The molecule has 0 rings (SSSR count). The van der Waals surface area contributed by atoms with Crippen LogP contribution in [0.2, 0.25) is 0 Å². The van der Waals surface area contributed by atoms with E-state index in [9.17, 15) is 19.8 Å². The van der Waals surface area contributed by atoms with Gasteiger partial charge in [-0.2, -0.15) is 0 Å². The lowest BCUT2D eigenvalue weighted by atomic mass is 10.0. The summed E-state index contributed by atoms with van der Waals surface area (Å²) < 4.78 is 5.95. The Morgan fingerprint density at radius 2 is 0.750 bits per heavy atom. The van der Waals surface area contributed by atoms with Crippen molar-refractivity contribution >= 4 is 11.9 Å². The normalized spacial score (nSPS) is 13.4. The third kappa shape index (κ3) is 50.2. The van der Waals surface area contributed by atoms with E-state index >= 15 is 0 Å². The Balaban J connectivity index is 4.59. The molecule has 0 aromatic rings. The third-order valence-electron chi connectivity index (χ3n) is 13.8. The molecule has 0 aliphatic carbocycles. The zero-order chi connectivity index (χ0) is 49.5. The van der Waals surface area contributed by atoms with Gasteiger partial charge in [0.2, 0.25) is 5.91 Å². The standard InChI is InChI=1S/C62H115NO5/c1-4-7-10-13-16-19-22-25-28-31-34-37-40-43-46-49-52-55-62(67)68-58(53-50-47-44-41-38-35-32-29-26-23-20-17-14-11-8-5-2)56-61(66)63-59(57-64)60(65)54-51-48-45-42-39-36-33-30-27-24-21-18-15-12-9-6-3/h17,20,23,26,29,32,35,38,58-60,64-65H,4-16,18-19,21-22,24-25,27-28,30-31,33-34,36-37,39-57H2,1-3H3,(H,63,66)/b20-17+,26-23+,32-29+,38-35+. The monoisotopic (exact) mass is 954 g/mol. The van der Waals surface area contributed by atoms with Crippen LogP contribution in [0.5, 0.6) is 0 Å². The SMILES string of the molecule is CCCCC/C=C/C=C/C=C/C=C/CCCCCC(CC(=O)NC(CO)C(O)CCCCCCCCCCCCCCCCCC)OC(=O)CCCCCCCCCCCCCCCCCCC. The summed E-state index contributed by atoms with van der Waals surface area (Å²) in [7, 11) is 0. The van der Waals surface area contributed by atoms with E-state index in [0.29, 0.717) is 19.3 Å². The Kier molecular flexibility index (Phi) is 54.0. The number of esters is 1. The van der Waals surface area contributed by atoms with E-state index in [0.717, 1.165) is 70.6 Å². The summed E-state index contributed by atoms with van der Waals surface area (Å²) in [6.45, 7) is 6.48. The van der Waals surface area contributed by atoms with Crippen LogP contribution in [0, 0.1) is 0 Å². The van der Waals surface area contributed by atoms with Gasteiger partial charge in [0.1, 0.15) is 6.10 Å². The number of hydrogen-bond acceptors (Lipinski definition) is 5. The molecular weight excluding hydrogens is 839 g/mol. The Bertz CT molecular complexity index is 1160. The van der Waals surface area contributed by atoms with Crippen LogP contribution in [0.1, 0.15) is 310 Å². The van der Waals surface area contributed by atoms with Crippen molar-refractivity contribution in [1.82, 2.24) is 5.32 Å². The molecule has 3 N–H and O–H groups in total. The molecule has 0 spiro atoms. The van der Waals surface area contributed by atoms with E-state index in [1.807, 2.05) is 0 Å². The number of allylic oxidation sites excluding steroid dienone is 8. The van der Waals surface area contributed by atoms with Crippen LogP contribution in [0.25, 0.3) is 0 Å². The topological polar surface area (TPSA) is 95.9 Å². The number of unbranched alkanes of at least 4 members (excludes halogenated alkanes) is 37. The first-order chi connectivity index (χ1) is 33.5. The lowest BCUT2D eigenvalue weighted by Crippen LogP contribution is -2.46. The Labute approximate surface area is 423 Å². The number of amides is 1. The van der Waals surface area contributed by atoms with Gasteiger partial charge in [-0.3, -0.25) is 9.59 Å². The van der Waals surface area contributed by atoms with Gasteiger partial charge in [-0.15, -0.1) is 0 Å². The molecule has 68 heavy (non-hydrogen) atoms. The summed E-state index contributed by atoms with van der Waals surface area (Å²) in [5, 5.41) is 23.9. The summed E-state index contributed by atoms with van der Waals surface area (Å²) in [6.07, 6.45) is 68.9. The lowest BCUT2D eigenvalue weighted by molar-refractivity contribution is -0.151. The van der Waals surface area contributed by atoms with E-state index in [1.165, 1.54) is 193 Å². The van der Waals surface area contributed by atoms with Crippen LogP contribution in [0.15, 0.2) is 48.6 Å². The predicted octanol–water partition coefficient (Wildman–Crippen LogP) is 18.6. The number of aliphatic hydroxyl groups is 2. The second kappa shape index (κ2) is 55.7. The highest BCUT2D eigenvalue weighted by Crippen LogP contribution is 2.19. The minimum absolute atomic E-state index is 0.0548. The maximum atomic E-state index is 13.3. The maximum absolute atomic E-state index is 13.3. The number of nitrogens with one attached hydrogen (secondary N) is 1. The molecule has 0 radical (unpaired) electrons. The fraction of sp³-hybridized carbons (Fsp3) is 0.839. The fourth-order valence-corrected chi connectivity index (χ4v) is 9.21. The summed E-state index contributed by atoms with van der Waals surface area (Å²) >= 11 is 0. The Hall–Kier alpha value is -2.18. The van der Waals surface area contributed by atoms with Crippen LogP contribution in [0.3, 0.4) is 0 Å². The van der Waals surface area contributed by atoms with Gasteiger partial charge in [0.15, 0.2) is 0 Å². The van der Waals surface area contributed by atoms with Gasteiger partial charge in [0.05, 0.1) is 25.2 Å². The first kappa shape index (κ1) is 65.8. The van der Waals surface area contributed by atoms with Crippen molar-refractivity contribution in [3.63, 3.8) is 0 Å². The Morgan fingerprint density at radius 1 is 0.426 bits per heavy atom. The van der Waals surface area contributed by atoms with Crippen molar-refractivity contribution in [2.24, 2.45) is 0 Å². The van der Waals surface area contributed by atoms with Gasteiger partial charge in [-0.05, 0) is 51.4 Å². The molecule has 0 saturated carbocycles. The van der Waals surface area contributed by atoms with Gasteiger partial charge in [-0.1, -0.05) is 294 Å². The molecule has 0 aromatic heterocycles. The van der Waals surface area contributed by atoms with Crippen molar-refractivity contribution < 1.29 is 24.5 Å². The first-order valence-corrected chi connectivity index (χ1v) is 29.9. The smallest absolute Gasteiger partial charge is 0.306 e. The minimum atomic E-state index is -0.799. The van der Waals surface area contributed by atoms with E-state index in [2.05, 4.69) is 74.7 Å². The van der Waals surface area contributed by atoms with Crippen LogP contribution in [0.4, 0.5) is 0 Å². The molecule has 0 aliphatic heterocycles. The molecule has 3 unspecified atom stereocenters. The van der Waals surface area contributed by atoms with Gasteiger partial charge in [0.25, 0.3) is 0 Å². The van der Waals surface area contributed by atoms with Crippen LogP contribution in [-0.2, 0) is 14.3 Å². The van der Waals surface area contributed by atoms with E-state index < -0.39 is 18.2 Å². The number of carbonyl (C=O) groups is 2. The fourth-order valence-electron chi connectivity index (χ4n) is 9.21. The third-order valence-corrected chi connectivity index (χ3v) is 13.8. The molecule has 1 amide bonds. The average Bonchev–Trinajstić information content (AvgIpc) is 3.33. The van der Waals surface area contributed by atoms with Crippen molar-refractivity contribution in [1.29, 1.82) is 0 Å². The lowest BCUT2D eigenvalue weighted by Gasteiger charge is -2.24. The summed E-state index contributed by atoms with van der Waals surface area (Å²) in [5.74, 6) is -0.497. The average molecular weight is 955 g/mol. The number of rotatable bonds is 54. The number of ether oxygens (including phenoxy) is 1. The highest BCUT2D eigenvalue weighted by Gasteiger charge is 2.24. The maximum Gasteiger partial charge on any atom is 0.306 e. The molecule has 6 nitrogen and oxygen atoms in total. The molecular formula is C62H115NO5. The summed E-state index contributed by atoms with van der Waals surface area (Å²) in [6, 6.07) is -0.714. The van der Waals surface area contributed by atoms with E-state index in [1.54, 1.807) is 0 Å². The van der Waals surface area contributed by atoms with Crippen molar-refractivity contribution in [2.75, 3.05) is 6.61 Å². The van der Waals surface area contributed by atoms with Crippen LogP contribution >= 0.6 is 0 Å². The van der Waals surface area contributed by atoms with Gasteiger partial charge in [0, 0.05) is 6.42 Å². The van der Waals surface area contributed by atoms with Gasteiger partial charge in [-0.25, -0.2) is 0 Å². The Morgan fingerprint density at radius 3 is 1.16 bits per heavy atom. The van der Waals surface area contributed by atoms with Crippen LogP contribution in [-0.4, -0.2) is 46.9 Å². The minimum Gasteiger partial charge on any atom is -0.462 e. The van der Waals surface area contributed by atoms with Gasteiger partial charge >= 0.3 is 5.97 Å². The molecule has 0 heterocycles. The molecule has 0 fully saturated rings. The highest BCUT2D eigenvalue weighted by molar-refractivity contribution is 5.77. The number of hydrogen-bond donors (Lipinski definition) is 3. The largest absolute Gasteiger partial charge is 0.462 e. The molecule has 0 aromatic carbocycles. The summed E-state index contributed by atoms with van der Waals surface area (Å²) in [4.78, 5) is 26.3. The summed E-state index contributed by atoms with van der Waals surface area (Å²) in [5.41, 5.74) is 0. The zero-order valence-electron chi connectivity index (χ0n) is 45.5. The van der Waals surface area contributed by atoms with Crippen molar-refractivity contribution in [3.05, 3.63) is 48.6 Å². The van der Waals surface area contributed by atoms with Crippen LogP contribution < -0.4 is 5.32 Å². The number of carbonyl (C=O) groups excluding carboxylic acids is 2. The molecule has 0 bridgehead atoms. The molecule has 6 heteroatoms. The van der Waals surface area contributed by atoms with E-state index in [4.69, 9.17) is 4.74 Å². The molecule has 0 aliphatic rings.